The molecule has 1 heterocycles. The van der Waals surface area contributed by atoms with Gasteiger partial charge in [0.25, 0.3) is 5.91 Å². The molecule has 0 saturated heterocycles. The number of benzene rings is 1. The minimum atomic E-state index is -0.154. The Bertz CT molecular complexity index is 602. The number of carbonyl (C=O) groups excluding carboxylic acids is 1. The number of hydrogen-bond donors (Lipinski definition) is 1. The monoisotopic (exact) mass is 348 g/mol. The summed E-state index contributed by atoms with van der Waals surface area (Å²) in [6, 6.07) is 9.60. The maximum absolute atomic E-state index is 11.8. The number of nitrogens with one attached hydrogen (secondary N) is 1. The van der Waals surface area contributed by atoms with Crippen LogP contribution in [0.15, 0.2) is 47.2 Å². The Morgan fingerprint density at radius 1 is 1.24 bits per heavy atom. The van der Waals surface area contributed by atoms with Crippen molar-refractivity contribution in [3.8, 4) is 5.75 Å². The van der Waals surface area contributed by atoms with Gasteiger partial charge in [-0.1, -0.05) is 13.0 Å². The summed E-state index contributed by atoms with van der Waals surface area (Å²) in [4.78, 5) is 15.7. The highest BCUT2D eigenvalue weighted by atomic mass is 79.9. The van der Waals surface area contributed by atoms with Gasteiger partial charge in [0.05, 0.1) is 4.47 Å². The minimum absolute atomic E-state index is 0.00481. The maximum Gasteiger partial charge on any atom is 0.258 e. The van der Waals surface area contributed by atoms with Crippen LogP contribution in [0.1, 0.15) is 18.1 Å². The first-order valence-electron chi connectivity index (χ1n) is 6.76. The molecule has 1 N–H and O–H groups in total. The van der Waals surface area contributed by atoms with Crippen molar-refractivity contribution in [2.24, 2.45) is 0 Å². The highest BCUT2D eigenvalue weighted by Gasteiger charge is 2.06. The predicted octanol–water partition coefficient (Wildman–Crippen LogP) is 3.10. The van der Waals surface area contributed by atoms with E-state index in [9.17, 15) is 4.79 Å². The van der Waals surface area contributed by atoms with Crippen molar-refractivity contribution in [2.45, 2.75) is 19.9 Å². The molecule has 2 rings (SSSR count). The molecule has 0 saturated carbocycles. The van der Waals surface area contributed by atoms with Gasteiger partial charge in [-0.05, 0) is 57.7 Å². The number of halogens is 1. The molecule has 4 nitrogen and oxygen atoms in total. The SMILES string of the molecule is CCc1ccc(OCC(=O)NCc2ccncc2)c(Br)c1. The van der Waals surface area contributed by atoms with Gasteiger partial charge in [0, 0.05) is 18.9 Å². The number of nitrogens with zero attached hydrogens (tertiary/aromatic N) is 1. The Kier molecular flexibility index (Phi) is 5.75. The number of carbonyl (C=O) groups is 1. The molecule has 0 fully saturated rings. The van der Waals surface area contributed by atoms with Crippen molar-refractivity contribution in [1.29, 1.82) is 0 Å². The first-order valence-corrected chi connectivity index (χ1v) is 7.55. The molecule has 0 atom stereocenters. The molecule has 0 aliphatic heterocycles. The molecule has 1 aromatic heterocycles. The van der Waals surface area contributed by atoms with E-state index in [-0.39, 0.29) is 12.5 Å². The van der Waals surface area contributed by atoms with Gasteiger partial charge in [-0.15, -0.1) is 0 Å². The number of aryl methyl sites for hydroxylation is 1. The van der Waals surface area contributed by atoms with Crippen molar-refractivity contribution >= 4 is 21.8 Å². The predicted molar refractivity (Wildman–Crippen MR) is 85.1 cm³/mol. The fourth-order valence-electron chi connectivity index (χ4n) is 1.78. The van der Waals surface area contributed by atoms with Crippen LogP contribution in [0.3, 0.4) is 0 Å². The summed E-state index contributed by atoms with van der Waals surface area (Å²) >= 11 is 3.45. The fraction of sp³-hybridized carbons (Fsp3) is 0.250. The Morgan fingerprint density at radius 2 is 2.00 bits per heavy atom. The molecule has 5 heteroatoms. The number of ether oxygens (including phenoxy) is 1. The van der Waals surface area contributed by atoms with E-state index in [0.717, 1.165) is 16.5 Å². The third-order valence-corrected chi connectivity index (χ3v) is 3.62. The zero-order valence-electron chi connectivity index (χ0n) is 11.8. The summed E-state index contributed by atoms with van der Waals surface area (Å²) < 4.78 is 6.38. The van der Waals surface area contributed by atoms with E-state index >= 15 is 0 Å². The lowest BCUT2D eigenvalue weighted by Gasteiger charge is -2.10. The Labute approximate surface area is 132 Å². The highest BCUT2D eigenvalue weighted by Crippen LogP contribution is 2.26. The normalized spacial score (nSPS) is 10.2. The molecule has 110 valence electrons. The Hall–Kier alpha value is -1.88. The average Bonchev–Trinajstić information content (AvgIpc) is 2.52. The number of aromatic nitrogens is 1. The first kappa shape index (κ1) is 15.5. The highest BCUT2D eigenvalue weighted by molar-refractivity contribution is 9.10. The van der Waals surface area contributed by atoms with Crippen LogP contribution in [0.4, 0.5) is 0 Å². The van der Waals surface area contributed by atoms with Gasteiger partial charge in [-0.2, -0.15) is 0 Å². The molecule has 2 aromatic rings. The summed E-state index contributed by atoms with van der Waals surface area (Å²) in [7, 11) is 0. The molecular weight excluding hydrogens is 332 g/mol. The van der Waals surface area contributed by atoms with E-state index in [4.69, 9.17) is 4.74 Å². The second kappa shape index (κ2) is 7.78. The molecule has 1 aromatic carbocycles. The average molecular weight is 349 g/mol. The second-order valence-electron chi connectivity index (χ2n) is 4.54. The number of amides is 1. The molecule has 0 unspecified atom stereocenters. The number of rotatable bonds is 6. The van der Waals surface area contributed by atoms with E-state index in [0.29, 0.717) is 12.3 Å². The van der Waals surface area contributed by atoms with Crippen LogP contribution in [0.25, 0.3) is 0 Å². The summed E-state index contributed by atoms with van der Waals surface area (Å²) in [5.74, 6) is 0.518. The van der Waals surface area contributed by atoms with Crippen LogP contribution in [-0.4, -0.2) is 17.5 Å². The van der Waals surface area contributed by atoms with E-state index in [1.165, 1.54) is 5.56 Å². The van der Waals surface area contributed by atoms with Crippen LogP contribution in [-0.2, 0) is 17.8 Å². The van der Waals surface area contributed by atoms with Crippen molar-refractivity contribution < 1.29 is 9.53 Å². The lowest BCUT2D eigenvalue weighted by atomic mass is 10.2. The van der Waals surface area contributed by atoms with Crippen LogP contribution < -0.4 is 10.1 Å². The van der Waals surface area contributed by atoms with Crippen LogP contribution in [0.2, 0.25) is 0 Å². The van der Waals surface area contributed by atoms with Gasteiger partial charge in [-0.25, -0.2) is 0 Å². The molecule has 0 aliphatic carbocycles. The summed E-state index contributed by atoms with van der Waals surface area (Å²) in [5, 5.41) is 2.80. The second-order valence-corrected chi connectivity index (χ2v) is 5.39. The lowest BCUT2D eigenvalue weighted by molar-refractivity contribution is -0.123. The smallest absolute Gasteiger partial charge is 0.258 e. The third-order valence-electron chi connectivity index (χ3n) is 3.00. The van der Waals surface area contributed by atoms with Crippen LogP contribution in [0, 0.1) is 0 Å². The van der Waals surface area contributed by atoms with Crippen molar-refractivity contribution in [2.75, 3.05) is 6.61 Å². The van der Waals surface area contributed by atoms with Gasteiger partial charge in [0.2, 0.25) is 0 Å². The first-order chi connectivity index (χ1) is 10.2. The fourth-order valence-corrected chi connectivity index (χ4v) is 2.32. The van der Waals surface area contributed by atoms with E-state index in [1.54, 1.807) is 12.4 Å². The molecule has 0 spiro atoms. The Morgan fingerprint density at radius 3 is 2.67 bits per heavy atom. The summed E-state index contributed by atoms with van der Waals surface area (Å²) in [6.07, 6.45) is 4.36. The van der Waals surface area contributed by atoms with Crippen LogP contribution >= 0.6 is 15.9 Å². The van der Waals surface area contributed by atoms with Crippen LogP contribution in [0.5, 0.6) is 5.75 Å². The largest absolute Gasteiger partial charge is 0.483 e. The van der Waals surface area contributed by atoms with Gasteiger partial charge in [-0.3, -0.25) is 9.78 Å². The number of hydrogen-bond acceptors (Lipinski definition) is 3. The van der Waals surface area contributed by atoms with E-state index in [1.807, 2.05) is 30.3 Å². The van der Waals surface area contributed by atoms with Crippen molar-refractivity contribution in [1.82, 2.24) is 10.3 Å². The maximum atomic E-state index is 11.8. The zero-order chi connectivity index (χ0) is 15.1. The summed E-state index contributed by atoms with van der Waals surface area (Å²) in [6.45, 7) is 2.56. The Balaban J connectivity index is 1.81. The summed E-state index contributed by atoms with van der Waals surface area (Å²) in [5.41, 5.74) is 2.23. The van der Waals surface area contributed by atoms with Gasteiger partial charge in [0.15, 0.2) is 6.61 Å². The molecule has 21 heavy (non-hydrogen) atoms. The van der Waals surface area contributed by atoms with Gasteiger partial charge < -0.3 is 10.1 Å². The lowest BCUT2D eigenvalue weighted by Crippen LogP contribution is -2.28. The topological polar surface area (TPSA) is 51.2 Å². The van der Waals surface area contributed by atoms with Gasteiger partial charge in [0.1, 0.15) is 5.75 Å². The quantitative estimate of drug-likeness (QED) is 0.872. The zero-order valence-corrected chi connectivity index (χ0v) is 13.4. The minimum Gasteiger partial charge on any atom is -0.483 e. The molecule has 0 radical (unpaired) electrons. The standard InChI is InChI=1S/C16H17BrN2O2/c1-2-12-3-4-15(14(17)9-12)21-11-16(20)19-10-13-5-7-18-8-6-13/h3-9H,2,10-11H2,1H3,(H,19,20). The van der Waals surface area contributed by atoms with Gasteiger partial charge >= 0.3 is 0 Å². The molecule has 1 amide bonds. The third kappa shape index (κ3) is 4.86. The molecule has 0 bridgehead atoms. The molecule has 0 aliphatic rings. The number of pyridine rings is 1. The molecular formula is C16H17BrN2O2. The van der Waals surface area contributed by atoms with Crippen molar-refractivity contribution in [3.05, 3.63) is 58.3 Å². The van der Waals surface area contributed by atoms with Crippen molar-refractivity contribution in [3.63, 3.8) is 0 Å². The van der Waals surface area contributed by atoms with E-state index < -0.39 is 0 Å². The van der Waals surface area contributed by atoms with E-state index in [2.05, 4.69) is 33.2 Å².